The maximum absolute atomic E-state index is 6.53. The molecule has 0 saturated heterocycles. The van der Waals surface area contributed by atoms with E-state index in [1.54, 1.807) is 3.27 Å². The summed E-state index contributed by atoms with van der Waals surface area (Å²) in [6, 6.07) is 32.5. The molecule has 5 heteroatoms. The van der Waals surface area contributed by atoms with Gasteiger partial charge in [-0.05, 0) is 0 Å². The average Bonchev–Trinajstić information content (AvgIpc) is 3.51. The molecular weight excluding hydrogens is 605 g/mol. The Kier molecular flexibility index (Phi) is 8.93. The largest absolute Gasteiger partial charge is 1.00 e. The van der Waals surface area contributed by atoms with Crippen molar-refractivity contribution in [2.75, 3.05) is 0 Å². The maximum Gasteiger partial charge on any atom is -1.00 e. The van der Waals surface area contributed by atoms with E-state index in [0.717, 1.165) is 16.5 Å². The molecule has 0 nitrogen and oxygen atoms in total. The van der Waals surface area contributed by atoms with Gasteiger partial charge in [-0.1, -0.05) is 0 Å². The number of rotatable bonds is 4. The molecule has 0 unspecified atom stereocenters. The Bertz CT molecular complexity index is 1460. The van der Waals surface area contributed by atoms with E-state index in [-0.39, 0.29) is 24.8 Å². The number of benzene rings is 4. The fourth-order valence-corrected chi connectivity index (χ4v) is 13.8. The molecule has 6 rings (SSSR count). The summed E-state index contributed by atoms with van der Waals surface area (Å²) in [5.41, 5.74) is 8.14. The van der Waals surface area contributed by atoms with Crippen LogP contribution in [0, 0.1) is 0 Å². The molecule has 0 fully saturated rings. The minimum Gasteiger partial charge on any atom is -1.00 e. The van der Waals surface area contributed by atoms with Crippen molar-refractivity contribution in [3.63, 3.8) is 0 Å². The maximum atomic E-state index is 6.53. The summed E-state index contributed by atoms with van der Waals surface area (Å²) in [7, 11) is 0. The molecule has 0 amide bonds. The Balaban J connectivity index is 0.00000152. The average molecular weight is 628 g/mol. The third kappa shape index (κ3) is 5.15. The van der Waals surface area contributed by atoms with E-state index in [4.69, 9.17) is 23.2 Å². The second-order valence-corrected chi connectivity index (χ2v) is 15.9. The summed E-state index contributed by atoms with van der Waals surface area (Å²) in [4.78, 5) is 0. The Morgan fingerprint density at radius 3 is 1.89 bits per heavy atom. The zero-order valence-corrected chi connectivity index (χ0v) is 24.7. The SMILES string of the molecule is Clc1cccc([C](c2cccc(Cl)c2)=[Zr+2]([c]2cccc3c2Cc2ccccc2-3)[CH]2C=CC=C2)c1.[Cl-].[Cl-]. The number of hydrogen-bond acceptors (Lipinski definition) is 0. The minimum atomic E-state index is -2.61. The van der Waals surface area contributed by atoms with E-state index in [1.165, 1.54) is 36.6 Å². The molecule has 0 aromatic heterocycles. The second-order valence-electron chi connectivity index (χ2n) is 8.77. The molecule has 4 aromatic carbocycles. The normalized spacial score (nSPS) is 12.7. The Morgan fingerprint density at radius 1 is 0.667 bits per heavy atom. The number of fused-ring (bicyclic) bond motifs is 3. The zero-order chi connectivity index (χ0) is 23.1. The van der Waals surface area contributed by atoms with Gasteiger partial charge in [-0.15, -0.1) is 0 Å². The third-order valence-corrected chi connectivity index (χ3v) is 15.1. The van der Waals surface area contributed by atoms with Gasteiger partial charge in [0, 0.05) is 0 Å². The standard InChI is InChI=1S/C13H8Cl2.C13H9.C5H5.2ClH.Zr/c14-12-5-1-3-10(8-12)7-11-4-2-6-13(15)9-11;1-3-7-12-10(5-1)9-11-6-2-4-8-13(11)12;1-2-4-5-3-1;;;/h1-6,8-9H;1-5,7-8H,9H2;1-5H;2*1H;/q;;;;;+2/p-2. The van der Waals surface area contributed by atoms with Gasteiger partial charge in [0.15, 0.2) is 0 Å². The van der Waals surface area contributed by atoms with Crippen molar-refractivity contribution >= 4 is 29.7 Å². The van der Waals surface area contributed by atoms with Gasteiger partial charge in [-0.25, -0.2) is 0 Å². The molecule has 2 aliphatic rings. The predicted octanol–water partition coefficient (Wildman–Crippen LogP) is 2.00. The van der Waals surface area contributed by atoms with Gasteiger partial charge in [0.05, 0.1) is 0 Å². The van der Waals surface area contributed by atoms with E-state index < -0.39 is 21.3 Å². The van der Waals surface area contributed by atoms with Crippen LogP contribution in [0.1, 0.15) is 22.3 Å². The van der Waals surface area contributed by atoms with E-state index in [9.17, 15) is 0 Å². The van der Waals surface area contributed by atoms with Crippen LogP contribution in [0.3, 0.4) is 0 Å². The predicted molar refractivity (Wildman–Crippen MR) is 142 cm³/mol. The van der Waals surface area contributed by atoms with Crippen molar-refractivity contribution in [2.24, 2.45) is 0 Å². The van der Waals surface area contributed by atoms with Crippen LogP contribution in [-0.4, -0.2) is 3.21 Å². The van der Waals surface area contributed by atoms with Crippen molar-refractivity contribution in [3.8, 4) is 11.1 Å². The van der Waals surface area contributed by atoms with E-state index in [1.807, 2.05) is 12.1 Å². The molecule has 0 aliphatic heterocycles. The Hall–Kier alpha value is -1.73. The topological polar surface area (TPSA) is 0 Å². The smallest absolute Gasteiger partial charge is 1.00 e. The summed E-state index contributed by atoms with van der Waals surface area (Å²) in [6.07, 6.45) is 10.2. The summed E-state index contributed by atoms with van der Waals surface area (Å²) in [5.74, 6) is 0. The first-order valence-electron chi connectivity index (χ1n) is 11.5. The molecule has 36 heavy (non-hydrogen) atoms. The van der Waals surface area contributed by atoms with Gasteiger partial charge in [-0.3, -0.25) is 0 Å². The first-order valence-corrected chi connectivity index (χ1v) is 16.1. The fraction of sp³-hybridized carbons (Fsp3) is 0.0645. The Morgan fingerprint density at radius 2 is 1.25 bits per heavy atom. The molecule has 0 atom stereocenters. The number of allylic oxidation sites excluding steroid dienone is 4. The van der Waals surface area contributed by atoms with E-state index in [0.29, 0.717) is 3.63 Å². The molecule has 4 aromatic rings. The van der Waals surface area contributed by atoms with Crippen LogP contribution in [0.25, 0.3) is 11.1 Å². The summed E-state index contributed by atoms with van der Waals surface area (Å²) in [5, 5.41) is 1.53. The Labute approximate surface area is 242 Å². The molecule has 0 bridgehead atoms. The molecule has 0 saturated carbocycles. The van der Waals surface area contributed by atoms with Crippen molar-refractivity contribution in [2.45, 2.75) is 10.0 Å². The van der Waals surface area contributed by atoms with Gasteiger partial charge < -0.3 is 24.8 Å². The number of hydrogen-bond donors (Lipinski definition) is 0. The van der Waals surface area contributed by atoms with Crippen molar-refractivity contribution in [3.05, 3.63) is 148 Å². The summed E-state index contributed by atoms with van der Waals surface area (Å²) < 4.78 is 3.44. The van der Waals surface area contributed by atoms with Crippen LogP contribution in [-0.2, 0) is 27.7 Å². The monoisotopic (exact) mass is 624 g/mol. The van der Waals surface area contributed by atoms with Crippen molar-refractivity contribution < 1.29 is 46.1 Å². The first kappa shape index (κ1) is 27.3. The van der Waals surface area contributed by atoms with Crippen LogP contribution in [0.15, 0.2) is 115 Å². The molecular formula is C31H22Cl4Zr. The van der Waals surface area contributed by atoms with Crippen LogP contribution >= 0.6 is 23.2 Å². The van der Waals surface area contributed by atoms with Gasteiger partial charge in [-0.2, -0.15) is 0 Å². The molecule has 0 spiro atoms. The van der Waals surface area contributed by atoms with E-state index in [2.05, 4.69) is 103 Å². The summed E-state index contributed by atoms with van der Waals surface area (Å²) in [6.45, 7) is 0. The molecule has 0 radical (unpaired) electrons. The van der Waals surface area contributed by atoms with Gasteiger partial charge in [0.25, 0.3) is 0 Å². The molecule has 178 valence electrons. The summed E-state index contributed by atoms with van der Waals surface area (Å²) >= 11 is 10.4. The quantitative estimate of drug-likeness (QED) is 0.286. The van der Waals surface area contributed by atoms with E-state index >= 15 is 0 Å². The third-order valence-electron chi connectivity index (χ3n) is 6.72. The first-order chi connectivity index (χ1) is 16.7. The van der Waals surface area contributed by atoms with Crippen LogP contribution in [0.4, 0.5) is 0 Å². The minimum absolute atomic E-state index is 0. The molecule has 0 N–H and O–H groups in total. The van der Waals surface area contributed by atoms with Gasteiger partial charge >= 0.3 is 220 Å². The fourth-order valence-electron chi connectivity index (χ4n) is 5.28. The molecule has 0 heterocycles. The van der Waals surface area contributed by atoms with Crippen LogP contribution in [0.2, 0.25) is 13.7 Å². The van der Waals surface area contributed by atoms with Gasteiger partial charge in [0.2, 0.25) is 0 Å². The van der Waals surface area contributed by atoms with Crippen LogP contribution < -0.4 is 28.1 Å². The van der Waals surface area contributed by atoms with Crippen molar-refractivity contribution in [1.29, 1.82) is 0 Å². The van der Waals surface area contributed by atoms with Crippen LogP contribution in [0.5, 0.6) is 0 Å². The number of halogens is 4. The second kappa shape index (κ2) is 11.8. The zero-order valence-electron chi connectivity index (χ0n) is 19.3. The van der Waals surface area contributed by atoms with Crippen molar-refractivity contribution in [1.82, 2.24) is 0 Å². The molecule has 2 aliphatic carbocycles. The van der Waals surface area contributed by atoms with Gasteiger partial charge in [0.1, 0.15) is 0 Å².